The minimum absolute atomic E-state index is 0.0843. The third kappa shape index (κ3) is 6.00. The van der Waals surface area contributed by atoms with Crippen LogP contribution in [0, 0.1) is 20.8 Å². The zero-order chi connectivity index (χ0) is 21.9. The lowest BCUT2D eigenvalue weighted by atomic mass is 10.1. The number of ether oxygens (including phenoxy) is 1. The van der Waals surface area contributed by atoms with Crippen molar-refractivity contribution < 1.29 is 19.1 Å². The Labute approximate surface area is 170 Å². The highest BCUT2D eigenvalue weighted by Gasteiger charge is 2.22. The van der Waals surface area contributed by atoms with Gasteiger partial charge in [-0.05, 0) is 60.5 Å². The molecule has 0 aliphatic carbocycles. The Morgan fingerprint density at radius 3 is 2.48 bits per heavy atom. The molecular formula is C20H29N5O4. The van der Waals surface area contributed by atoms with Crippen molar-refractivity contribution in [3.05, 3.63) is 28.7 Å². The maximum absolute atomic E-state index is 12.2. The molecule has 0 spiro atoms. The van der Waals surface area contributed by atoms with Crippen LogP contribution < -0.4 is 10.6 Å². The van der Waals surface area contributed by atoms with Gasteiger partial charge < -0.3 is 10.1 Å². The molecule has 0 bridgehead atoms. The van der Waals surface area contributed by atoms with Gasteiger partial charge in [0.15, 0.2) is 11.8 Å². The second-order valence-corrected chi connectivity index (χ2v) is 8.14. The number of urea groups is 1. The second kappa shape index (κ2) is 8.59. The van der Waals surface area contributed by atoms with Gasteiger partial charge in [-0.3, -0.25) is 14.9 Å². The van der Waals surface area contributed by atoms with Crippen LogP contribution in [0.15, 0.2) is 6.07 Å². The Morgan fingerprint density at radius 1 is 1.21 bits per heavy atom. The number of esters is 1. The van der Waals surface area contributed by atoms with Crippen LogP contribution in [0.5, 0.6) is 0 Å². The van der Waals surface area contributed by atoms with Gasteiger partial charge in [-0.15, -0.1) is 0 Å². The SMILES string of the molecule is Cc1cc2nc(C)c(CCC(=O)O[C@@H](C)C(=O)NC(=O)NC(C)(C)C)c(C)n2n1. The number of nitrogens with zero attached hydrogens (tertiary/aromatic N) is 3. The number of carbonyl (C=O) groups is 3. The van der Waals surface area contributed by atoms with E-state index in [-0.39, 0.29) is 6.42 Å². The highest BCUT2D eigenvalue weighted by Crippen LogP contribution is 2.17. The van der Waals surface area contributed by atoms with Crippen molar-refractivity contribution in [2.75, 3.05) is 0 Å². The molecule has 0 unspecified atom stereocenters. The van der Waals surface area contributed by atoms with E-state index in [1.807, 2.05) is 26.8 Å². The number of aryl methyl sites for hydroxylation is 3. The molecule has 0 aromatic carbocycles. The summed E-state index contributed by atoms with van der Waals surface area (Å²) in [6.45, 7) is 12.5. The van der Waals surface area contributed by atoms with E-state index >= 15 is 0 Å². The molecule has 2 aromatic heterocycles. The Hall–Kier alpha value is -2.97. The van der Waals surface area contributed by atoms with Gasteiger partial charge in [0.25, 0.3) is 5.91 Å². The molecule has 2 aromatic rings. The molecule has 0 aliphatic heterocycles. The summed E-state index contributed by atoms with van der Waals surface area (Å²) in [5, 5.41) is 9.19. The first-order valence-corrected chi connectivity index (χ1v) is 9.52. The number of aromatic nitrogens is 3. The van der Waals surface area contributed by atoms with Crippen molar-refractivity contribution in [2.45, 2.75) is 73.0 Å². The Kier molecular flexibility index (Phi) is 6.61. The third-order valence-corrected chi connectivity index (χ3v) is 4.27. The fourth-order valence-corrected chi connectivity index (χ4v) is 2.93. The number of rotatable bonds is 5. The summed E-state index contributed by atoms with van der Waals surface area (Å²) < 4.78 is 6.92. The van der Waals surface area contributed by atoms with Crippen LogP contribution in [0.3, 0.4) is 0 Å². The minimum atomic E-state index is -1.08. The highest BCUT2D eigenvalue weighted by molar-refractivity contribution is 5.97. The summed E-state index contributed by atoms with van der Waals surface area (Å²) in [7, 11) is 0. The summed E-state index contributed by atoms with van der Waals surface area (Å²) in [6, 6.07) is 1.26. The molecule has 2 rings (SSSR count). The molecule has 9 nitrogen and oxygen atoms in total. The zero-order valence-corrected chi connectivity index (χ0v) is 18.0. The first kappa shape index (κ1) is 22.3. The maximum atomic E-state index is 12.2. The van der Waals surface area contributed by atoms with E-state index in [0.29, 0.717) is 6.42 Å². The van der Waals surface area contributed by atoms with E-state index in [2.05, 4.69) is 20.7 Å². The number of amides is 3. The summed E-state index contributed by atoms with van der Waals surface area (Å²) >= 11 is 0. The average Bonchev–Trinajstić information content (AvgIpc) is 2.93. The van der Waals surface area contributed by atoms with Crippen molar-refractivity contribution in [2.24, 2.45) is 0 Å². The fourth-order valence-electron chi connectivity index (χ4n) is 2.93. The van der Waals surface area contributed by atoms with Gasteiger partial charge in [-0.1, -0.05) is 0 Å². The fraction of sp³-hybridized carbons (Fsp3) is 0.550. The molecule has 0 saturated heterocycles. The van der Waals surface area contributed by atoms with E-state index in [1.54, 1.807) is 25.3 Å². The van der Waals surface area contributed by atoms with Crippen molar-refractivity contribution in [3.63, 3.8) is 0 Å². The molecule has 0 fully saturated rings. The summed E-state index contributed by atoms with van der Waals surface area (Å²) in [5.74, 6) is -1.21. The Balaban J connectivity index is 1.93. The Bertz CT molecular complexity index is 942. The first-order chi connectivity index (χ1) is 13.4. The summed E-state index contributed by atoms with van der Waals surface area (Å²) in [5.41, 5.74) is 3.81. The molecular weight excluding hydrogens is 374 g/mol. The normalized spacial score (nSPS) is 12.5. The quantitative estimate of drug-likeness (QED) is 0.739. The van der Waals surface area contributed by atoms with E-state index in [4.69, 9.17) is 4.74 Å². The summed E-state index contributed by atoms with van der Waals surface area (Å²) in [6.07, 6.45) is -0.581. The summed E-state index contributed by atoms with van der Waals surface area (Å²) in [4.78, 5) is 40.5. The number of hydrogen-bond acceptors (Lipinski definition) is 6. The molecule has 2 N–H and O–H groups in total. The zero-order valence-electron chi connectivity index (χ0n) is 18.0. The monoisotopic (exact) mass is 403 g/mol. The lowest BCUT2D eigenvalue weighted by molar-refractivity contribution is -0.154. The second-order valence-electron chi connectivity index (χ2n) is 8.14. The molecule has 1 atom stereocenters. The predicted octanol–water partition coefficient (Wildman–Crippen LogP) is 2.14. The smallest absolute Gasteiger partial charge is 0.321 e. The van der Waals surface area contributed by atoms with Crippen molar-refractivity contribution >= 4 is 23.6 Å². The van der Waals surface area contributed by atoms with Crippen LogP contribution >= 0.6 is 0 Å². The van der Waals surface area contributed by atoms with Crippen molar-refractivity contribution in [1.29, 1.82) is 0 Å². The minimum Gasteiger partial charge on any atom is -0.453 e. The molecule has 158 valence electrons. The topological polar surface area (TPSA) is 115 Å². The third-order valence-electron chi connectivity index (χ3n) is 4.27. The number of carbonyl (C=O) groups excluding carboxylic acids is 3. The Morgan fingerprint density at radius 2 is 1.86 bits per heavy atom. The first-order valence-electron chi connectivity index (χ1n) is 9.52. The van der Waals surface area contributed by atoms with Gasteiger partial charge in [0, 0.05) is 29.4 Å². The average molecular weight is 403 g/mol. The predicted molar refractivity (Wildman–Crippen MR) is 108 cm³/mol. The maximum Gasteiger partial charge on any atom is 0.321 e. The van der Waals surface area contributed by atoms with Gasteiger partial charge in [0.1, 0.15) is 0 Å². The van der Waals surface area contributed by atoms with Gasteiger partial charge in [0.05, 0.1) is 5.69 Å². The van der Waals surface area contributed by atoms with E-state index in [9.17, 15) is 14.4 Å². The largest absolute Gasteiger partial charge is 0.453 e. The van der Waals surface area contributed by atoms with Crippen LogP contribution in [-0.2, 0) is 20.7 Å². The highest BCUT2D eigenvalue weighted by atomic mass is 16.5. The standard InChI is InChI=1S/C20H29N5O4/c1-11-10-16-21-12(2)15(13(3)25(16)24-11)8-9-17(26)29-14(4)18(27)22-19(28)23-20(5,6)7/h10,14H,8-9H2,1-7H3,(H2,22,23,27,28)/t14-/m0/s1. The van der Waals surface area contributed by atoms with Crippen LogP contribution in [-0.4, -0.2) is 44.1 Å². The molecule has 29 heavy (non-hydrogen) atoms. The van der Waals surface area contributed by atoms with E-state index in [0.717, 1.165) is 28.3 Å². The van der Waals surface area contributed by atoms with Gasteiger partial charge in [-0.25, -0.2) is 14.3 Å². The van der Waals surface area contributed by atoms with Crippen LogP contribution in [0.2, 0.25) is 0 Å². The molecule has 0 aliphatic rings. The number of hydrogen-bond donors (Lipinski definition) is 2. The van der Waals surface area contributed by atoms with Gasteiger partial charge in [0.2, 0.25) is 0 Å². The van der Waals surface area contributed by atoms with Gasteiger partial charge in [-0.2, -0.15) is 5.10 Å². The number of imide groups is 1. The van der Waals surface area contributed by atoms with Crippen molar-refractivity contribution in [3.8, 4) is 0 Å². The molecule has 0 saturated carbocycles. The molecule has 3 amide bonds. The van der Waals surface area contributed by atoms with Crippen molar-refractivity contribution in [1.82, 2.24) is 25.2 Å². The molecule has 9 heteroatoms. The lowest BCUT2D eigenvalue weighted by Crippen LogP contribution is -2.50. The lowest BCUT2D eigenvalue weighted by Gasteiger charge is -2.21. The molecule has 0 radical (unpaired) electrons. The van der Waals surface area contributed by atoms with Crippen LogP contribution in [0.4, 0.5) is 4.79 Å². The number of nitrogens with one attached hydrogen (secondary N) is 2. The van der Waals surface area contributed by atoms with E-state index < -0.39 is 29.6 Å². The van der Waals surface area contributed by atoms with E-state index in [1.165, 1.54) is 6.92 Å². The number of fused-ring (bicyclic) bond motifs is 1. The van der Waals surface area contributed by atoms with Crippen LogP contribution in [0.25, 0.3) is 5.65 Å². The van der Waals surface area contributed by atoms with Gasteiger partial charge >= 0.3 is 12.0 Å². The molecule has 2 heterocycles. The van der Waals surface area contributed by atoms with Crippen LogP contribution in [0.1, 0.15) is 56.8 Å².